The van der Waals surface area contributed by atoms with Gasteiger partial charge in [0.2, 0.25) is 0 Å². The number of hydrogen-bond donors (Lipinski definition) is 2. The molecule has 3 nitrogen and oxygen atoms in total. The van der Waals surface area contributed by atoms with E-state index in [1.807, 2.05) is 20.9 Å². The largest absolute Gasteiger partial charge is 0.394 e. The lowest BCUT2D eigenvalue weighted by Gasteiger charge is -2.42. The van der Waals surface area contributed by atoms with Crippen LogP contribution < -0.4 is 5.73 Å². The van der Waals surface area contributed by atoms with Gasteiger partial charge in [-0.25, -0.2) is 0 Å². The molecule has 4 heteroatoms. The Morgan fingerprint density at radius 1 is 1.53 bits per heavy atom. The molecule has 1 aromatic rings. The summed E-state index contributed by atoms with van der Waals surface area (Å²) in [6.45, 7) is 6.30. The van der Waals surface area contributed by atoms with E-state index >= 15 is 0 Å². The number of nitrogens with zero attached hydrogens (tertiary/aromatic N) is 1. The Hall–Kier alpha value is -0.420. The van der Waals surface area contributed by atoms with Crippen molar-refractivity contribution in [1.29, 1.82) is 0 Å². The van der Waals surface area contributed by atoms with E-state index in [-0.39, 0.29) is 24.2 Å². The molecule has 3 N–H and O–H groups in total. The third kappa shape index (κ3) is 3.28. The molecule has 0 aliphatic rings. The van der Waals surface area contributed by atoms with Gasteiger partial charge in [0.15, 0.2) is 0 Å². The number of nitrogens with two attached hydrogens (primary N) is 1. The maximum Gasteiger partial charge on any atom is 0.0610 e. The molecular formula is C13H24N2OS. The van der Waals surface area contributed by atoms with Gasteiger partial charge < -0.3 is 10.8 Å². The molecule has 98 valence electrons. The van der Waals surface area contributed by atoms with Crippen LogP contribution in [0.5, 0.6) is 0 Å². The van der Waals surface area contributed by atoms with E-state index in [1.165, 1.54) is 4.88 Å². The van der Waals surface area contributed by atoms with Crippen LogP contribution in [0, 0.1) is 0 Å². The second-order valence-electron chi connectivity index (χ2n) is 5.11. The first-order chi connectivity index (χ1) is 7.94. The van der Waals surface area contributed by atoms with Crippen molar-refractivity contribution >= 4 is 11.3 Å². The monoisotopic (exact) mass is 256 g/mol. The van der Waals surface area contributed by atoms with Crippen LogP contribution in [0.1, 0.15) is 38.1 Å². The molecule has 1 heterocycles. The Morgan fingerprint density at radius 3 is 2.59 bits per heavy atom. The molecule has 1 aromatic heterocycles. The lowest BCUT2D eigenvalue weighted by molar-refractivity contribution is 0.0358. The highest BCUT2D eigenvalue weighted by molar-refractivity contribution is 7.10. The topological polar surface area (TPSA) is 49.5 Å². The third-order valence-electron chi connectivity index (χ3n) is 3.47. The quantitative estimate of drug-likeness (QED) is 0.820. The first-order valence-electron chi connectivity index (χ1n) is 6.06. The molecule has 0 aromatic carbocycles. The lowest BCUT2D eigenvalue weighted by Crippen LogP contribution is -2.50. The van der Waals surface area contributed by atoms with Crippen molar-refractivity contribution in [2.24, 2.45) is 5.73 Å². The van der Waals surface area contributed by atoms with Gasteiger partial charge in [0.25, 0.3) is 0 Å². The standard InChI is InChI=1S/C13H24N2OS/c1-5-10(14)12(11-7-6-8-17-11)15(4)13(2,3)9-16/h6-8,10,12,16H,5,9,14H2,1-4H3. The normalized spacial score (nSPS) is 16.2. The van der Waals surface area contributed by atoms with E-state index in [0.29, 0.717) is 0 Å². The molecule has 17 heavy (non-hydrogen) atoms. The van der Waals surface area contributed by atoms with Gasteiger partial charge in [-0.15, -0.1) is 11.3 Å². The molecule has 0 saturated carbocycles. The molecule has 0 saturated heterocycles. The fourth-order valence-corrected chi connectivity index (χ4v) is 2.80. The zero-order valence-corrected chi connectivity index (χ0v) is 12.0. The van der Waals surface area contributed by atoms with Gasteiger partial charge in [-0.1, -0.05) is 13.0 Å². The van der Waals surface area contributed by atoms with Crippen LogP contribution in [0.15, 0.2) is 17.5 Å². The molecule has 1 rings (SSSR count). The Labute approximate surface area is 108 Å². The van der Waals surface area contributed by atoms with Crippen LogP contribution in [-0.4, -0.2) is 35.2 Å². The van der Waals surface area contributed by atoms with Gasteiger partial charge in [-0.05, 0) is 38.8 Å². The van der Waals surface area contributed by atoms with Crippen LogP contribution in [0.3, 0.4) is 0 Å². The number of aliphatic hydroxyl groups excluding tert-OH is 1. The molecule has 0 amide bonds. The van der Waals surface area contributed by atoms with Gasteiger partial charge in [0.05, 0.1) is 12.6 Å². The summed E-state index contributed by atoms with van der Waals surface area (Å²) in [6, 6.07) is 4.43. The highest BCUT2D eigenvalue weighted by Crippen LogP contribution is 2.32. The lowest BCUT2D eigenvalue weighted by atomic mass is 9.96. The van der Waals surface area contributed by atoms with Gasteiger partial charge in [-0.3, -0.25) is 4.90 Å². The van der Waals surface area contributed by atoms with Gasteiger partial charge in [0.1, 0.15) is 0 Å². The van der Waals surface area contributed by atoms with E-state index < -0.39 is 0 Å². The molecule has 2 atom stereocenters. The zero-order chi connectivity index (χ0) is 13.1. The fraction of sp³-hybridized carbons (Fsp3) is 0.692. The van der Waals surface area contributed by atoms with Crippen molar-refractivity contribution in [3.63, 3.8) is 0 Å². The van der Waals surface area contributed by atoms with Crippen LogP contribution in [-0.2, 0) is 0 Å². The predicted octanol–water partition coefficient (Wildman–Crippen LogP) is 2.23. The Bertz CT molecular complexity index is 324. The summed E-state index contributed by atoms with van der Waals surface area (Å²) in [5.74, 6) is 0. The van der Waals surface area contributed by atoms with E-state index in [4.69, 9.17) is 5.73 Å². The third-order valence-corrected chi connectivity index (χ3v) is 4.41. The number of likely N-dealkylation sites (N-methyl/N-ethyl adjacent to an activating group) is 1. The van der Waals surface area contributed by atoms with Crippen LogP contribution in [0.2, 0.25) is 0 Å². The summed E-state index contributed by atoms with van der Waals surface area (Å²) in [7, 11) is 2.04. The summed E-state index contributed by atoms with van der Waals surface area (Å²) in [5.41, 5.74) is 5.98. The van der Waals surface area contributed by atoms with Gasteiger partial charge >= 0.3 is 0 Å². The van der Waals surface area contributed by atoms with Crippen molar-refractivity contribution < 1.29 is 5.11 Å². The maximum atomic E-state index is 9.49. The van der Waals surface area contributed by atoms with E-state index in [9.17, 15) is 5.11 Å². The SMILES string of the molecule is CCC(N)C(c1cccs1)N(C)C(C)(C)CO. The molecule has 2 unspecified atom stereocenters. The summed E-state index contributed by atoms with van der Waals surface area (Å²) >= 11 is 1.73. The number of rotatable bonds is 6. The van der Waals surface area contributed by atoms with Crippen LogP contribution in [0.25, 0.3) is 0 Å². The number of thiophene rings is 1. The molecule has 0 fully saturated rings. The minimum absolute atomic E-state index is 0.0875. The van der Waals surface area contributed by atoms with Crippen molar-refractivity contribution in [2.75, 3.05) is 13.7 Å². The van der Waals surface area contributed by atoms with Crippen molar-refractivity contribution in [2.45, 2.75) is 44.8 Å². The average Bonchev–Trinajstić information content (AvgIpc) is 2.82. The molecule has 0 bridgehead atoms. The Balaban J connectivity index is 2.99. The molecule has 0 aliphatic heterocycles. The number of hydrogen-bond acceptors (Lipinski definition) is 4. The van der Waals surface area contributed by atoms with Gasteiger partial charge in [-0.2, -0.15) is 0 Å². The molecule has 0 radical (unpaired) electrons. The average molecular weight is 256 g/mol. The minimum atomic E-state index is -0.262. The molecule has 0 spiro atoms. The Kier molecular flexibility index (Phi) is 5.13. The minimum Gasteiger partial charge on any atom is -0.394 e. The second kappa shape index (κ2) is 5.96. The molecule has 0 aliphatic carbocycles. The van der Waals surface area contributed by atoms with Crippen LogP contribution >= 0.6 is 11.3 Å². The summed E-state index contributed by atoms with van der Waals surface area (Å²) in [5, 5.41) is 11.6. The predicted molar refractivity (Wildman–Crippen MR) is 74.3 cm³/mol. The van der Waals surface area contributed by atoms with Crippen LogP contribution in [0.4, 0.5) is 0 Å². The Morgan fingerprint density at radius 2 is 2.18 bits per heavy atom. The molecular weight excluding hydrogens is 232 g/mol. The second-order valence-corrected chi connectivity index (χ2v) is 6.09. The number of aliphatic hydroxyl groups is 1. The zero-order valence-electron chi connectivity index (χ0n) is 11.2. The highest BCUT2D eigenvalue weighted by Gasteiger charge is 2.33. The fourth-order valence-electron chi connectivity index (χ4n) is 1.86. The summed E-state index contributed by atoms with van der Waals surface area (Å²) in [6.07, 6.45) is 0.925. The summed E-state index contributed by atoms with van der Waals surface area (Å²) in [4.78, 5) is 3.45. The van der Waals surface area contributed by atoms with Gasteiger partial charge in [0, 0.05) is 16.5 Å². The smallest absolute Gasteiger partial charge is 0.0610 e. The first-order valence-corrected chi connectivity index (χ1v) is 6.94. The van der Waals surface area contributed by atoms with Crippen molar-refractivity contribution in [3.8, 4) is 0 Å². The van der Waals surface area contributed by atoms with Crippen molar-refractivity contribution in [1.82, 2.24) is 4.90 Å². The van der Waals surface area contributed by atoms with Crippen molar-refractivity contribution in [3.05, 3.63) is 22.4 Å². The summed E-state index contributed by atoms with van der Waals surface area (Å²) < 4.78 is 0. The maximum absolute atomic E-state index is 9.49. The van der Waals surface area contributed by atoms with E-state index in [1.54, 1.807) is 11.3 Å². The first kappa shape index (κ1) is 14.6. The van der Waals surface area contributed by atoms with E-state index in [0.717, 1.165) is 6.42 Å². The van der Waals surface area contributed by atoms with E-state index in [2.05, 4.69) is 29.3 Å². The highest BCUT2D eigenvalue weighted by atomic mass is 32.1.